The summed E-state index contributed by atoms with van der Waals surface area (Å²) < 4.78 is 24.2. The minimum absolute atomic E-state index is 0.112. The molecule has 3 saturated heterocycles. The number of carbonyl (C=O) groups is 1. The van der Waals surface area contributed by atoms with Crippen molar-refractivity contribution in [3.05, 3.63) is 66.2 Å². The SMILES string of the molecule is N#CCC(=O)N1CCC[C@@H](Nc2nc(-c3cnn4ccccc34)nc(N3CCN(Cc4ccc(OCCN5CCCCC5)cc4)CC3)c2F)C1. The topological polar surface area (TPSA) is 118 Å². The van der Waals surface area contributed by atoms with Gasteiger partial charge in [-0.25, -0.2) is 14.5 Å². The van der Waals surface area contributed by atoms with Crippen molar-refractivity contribution < 1.29 is 13.9 Å². The van der Waals surface area contributed by atoms with E-state index in [1.54, 1.807) is 15.6 Å². The van der Waals surface area contributed by atoms with Gasteiger partial charge in [-0.2, -0.15) is 14.8 Å². The molecule has 0 spiro atoms. The molecule has 7 rings (SSSR count). The predicted molar refractivity (Wildman–Crippen MR) is 189 cm³/mol. The minimum Gasteiger partial charge on any atom is -0.492 e. The number of piperidine rings is 2. The number of likely N-dealkylation sites (tertiary alicyclic amines) is 2. The van der Waals surface area contributed by atoms with Gasteiger partial charge in [0.05, 0.1) is 23.3 Å². The summed E-state index contributed by atoms with van der Waals surface area (Å²) >= 11 is 0. The van der Waals surface area contributed by atoms with E-state index in [1.807, 2.05) is 35.4 Å². The molecule has 3 aliphatic rings. The van der Waals surface area contributed by atoms with E-state index in [4.69, 9.17) is 15.0 Å². The highest BCUT2D eigenvalue weighted by atomic mass is 19.1. The molecule has 0 unspecified atom stereocenters. The fourth-order valence-corrected chi connectivity index (χ4v) is 7.20. The summed E-state index contributed by atoms with van der Waals surface area (Å²) in [5, 5.41) is 16.8. The number of nitrogens with one attached hydrogen (secondary N) is 1. The molecule has 0 radical (unpaired) electrons. The Morgan fingerprint density at radius 2 is 1.78 bits per heavy atom. The number of hydrogen-bond acceptors (Lipinski definition) is 10. The first-order valence-corrected chi connectivity index (χ1v) is 17.9. The highest BCUT2D eigenvalue weighted by Gasteiger charge is 2.29. The molecule has 3 aromatic heterocycles. The van der Waals surface area contributed by atoms with Crippen LogP contribution in [-0.2, 0) is 11.3 Å². The van der Waals surface area contributed by atoms with E-state index in [1.165, 1.54) is 37.9 Å². The van der Waals surface area contributed by atoms with Crippen LogP contribution in [0, 0.1) is 17.1 Å². The first-order valence-electron chi connectivity index (χ1n) is 17.9. The summed E-state index contributed by atoms with van der Waals surface area (Å²) in [6.45, 7) is 8.54. The molecule has 262 valence electrons. The van der Waals surface area contributed by atoms with Crippen molar-refractivity contribution in [2.24, 2.45) is 0 Å². The van der Waals surface area contributed by atoms with Crippen molar-refractivity contribution in [1.82, 2.24) is 34.3 Å². The summed E-state index contributed by atoms with van der Waals surface area (Å²) in [5.74, 6) is 0.942. The van der Waals surface area contributed by atoms with Gasteiger partial charge in [-0.3, -0.25) is 14.6 Å². The van der Waals surface area contributed by atoms with E-state index < -0.39 is 5.82 Å². The molecule has 3 aliphatic heterocycles. The van der Waals surface area contributed by atoms with Crippen molar-refractivity contribution >= 4 is 23.1 Å². The number of amides is 1. The summed E-state index contributed by atoms with van der Waals surface area (Å²) in [5.41, 5.74) is 2.75. The molecule has 0 saturated carbocycles. The van der Waals surface area contributed by atoms with E-state index in [0.717, 1.165) is 50.3 Å². The zero-order valence-electron chi connectivity index (χ0n) is 28.5. The van der Waals surface area contributed by atoms with Crippen molar-refractivity contribution in [2.45, 2.75) is 51.1 Å². The lowest BCUT2D eigenvalue weighted by Gasteiger charge is -2.36. The maximum Gasteiger partial charge on any atom is 0.236 e. The van der Waals surface area contributed by atoms with Crippen molar-refractivity contribution in [2.75, 3.05) is 75.7 Å². The summed E-state index contributed by atoms with van der Waals surface area (Å²) in [6.07, 6.45) is 8.82. The van der Waals surface area contributed by atoms with Gasteiger partial charge in [0.1, 0.15) is 18.8 Å². The van der Waals surface area contributed by atoms with Gasteiger partial charge in [0.2, 0.25) is 11.7 Å². The predicted octanol–water partition coefficient (Wildman–Crippen LogP) is 4.43. The Hall–Kier alpha value is -4.80. The van der Waals surface area contributed by atoms with Crippen LogP contribution in [0.4, 0.5) is 16.0 Å². The molecular weight excluding hydrogens is 635 g/mol. The number of nitriles is 1. The van der Waals surface area contributed by atoms with Gasteiger partial charge >= 0.3 is 0 Å². The number of piperazine rings is 1. The molecule has 1 aromatic carbocycles. The second-order valence-corrected chi connectivity index (χ2v) is 13.4. The van der Waals surface area contributed by atoms with Crippen LogP contribution in [0.1, 0.15) is 44.1 Å². The zero-order chi connectivity index (χ0) is 34.3. The van der Waals surface area contributed by atoms with Crippen LogP contribution in [0.5, 0.6) is 5.75 Å². The average Bonchev–Trinajstić information content (AvgIpc) is 3.59. The first kappa shape index (κ1) is 33.7. The number of ether oxygens (including phenoxy) is 1. The Bertz CT molecular complexity index is 1790. The van der Waals surface area contributed by atoms with Gasteiger partial charge in [0, 0.05) is 64.6 Å². The fourth-order valence-electron chi connectivity index (χ4n) is 7.20. The number of carbonyl (C=O) groups excluding carboxylic acids is 1. The third-order valence-corrected chi connectivity index (χ3v) is 9.97. The molecule has 1 amide bonds. The number of nitrogens with zero attached hydrogens (tertiary/aromatic N) is 9. The molecule has 13 heteroatoms. The highest BCUT2D eigenvalue weighted by molar-refractivity contribution is 5.79. The van der Waals surface area contributed by atoms with Crippen molar-refractivity contribution in [3.8, 4) is 23.2 Å². The van der Waals surface area contributed by atoms with E-state index in [2.05, 4.69) is 49.5 Å². The minimum atomic E-state index is -0.505. The normalized spacial score (nSPS) is 19.0. The molecule has 1 atom stereocenters. The largest absolute Gasteiger partial charge is 0.492 e. The number of halogens is 1. The summed E-state index contributed by atoms with van der Waals surface area (Å²) in [4.78, 5) is 30.5. The van der Waals surface area contributed by atoms with E-state index >= 15 is 4.39 Å². The van der Waals surface area contributed by atoms with Crippen LogP contribution >= 0.6 is 0 Å². The Morgan fingerprint density at radius 1 is 0.960 bits per heavy atom. The summed E-state index contributed by atoms with van der Waals surface area (Å²) in [6, 6.07) is 15.9. The van der Waals surface area contributed by atoms with Gasteiger partial charge < -0.3 is 19.9 Å². The van der Waals surface area contributed by atoms with Crippen molar-refractivity contribution in [3.63, 3.8) is 0 Å². The lowest BCUT2D eigenvalue weighted by molar-refractivity contribution is -0.131. The molecule has 4 aromatic rings. The first-order chi connectivity index (χ1) is 24.5. The van der Waals surface area contributed by atoms with E-state index in [9.17, 15) is 4.79 Å². The van der Waals surface area contributed by atoms with Crippen molar-refractivity contribution in [1.29, 1.82) is 5.26 Å². The molecule has 12 nitrogen and oxygen atoms in total. The van der Waals surface area contributed by atoms with Crippen LogP contribution < -0.4 is 15.0 Å². The van der Waals surface area contributed by atoms with Crippen LogP contribution in [-0.4, -0.2) is 112 Å². The average molecular weight is 681 g/mol. The number of aromatic nitrogens is 4. The van der Waals surface area contributed by atoms with Gasteiger partial charge in [-0.15, -0.1) is 0 Å². The Kier molecular flexibility index (Phi) is 10.7. The molecular formula is C37H45FN10O2. The number of hydrogen-bond donors (Lipinski definition) is 1. The lowest BCUT2D eigenvalue weighted by Crippen LogP contribution is -2.47. The smallest absolute Gasteiger partial charge is 0.236 e. The van der Waals surface area contributed by atoms with Crippen LogP contribution in [0.3, 0.4) is 0 Å². The standard InChI is InChI=1S/C37H45FN10O2/c38-34-36(41-29-7-6-17-47(27-29)33(49)13-14-39)42-35(31-25-40-48-18-5-2-8-32(31)48)43-37(34)46-21-19-45(20-22-46)26-28-9-11-30(12-10-28)50-24-23-44-15-3-1-4-16-44/h2,5,8-12,18,25,29H,1,3-4,6-7,13,15-17,19-24,26-27H2,(H,41,42,43)/t29-/m1/s1. The second kappa shape index (κ2) is 15.8. The van der Waals surface area contributed by atoms with Crippen LogP contribution in [0.2, 0.25) is 0 Å². The molecule has 6 heterocycles. The second-order valence-electron chi connectivity index (χ2n) is 13.4. The summed E-state index contributed by atoms with van der Waals surface area (Å²) in [7, 11) is 0. The third kappa shape index (κ3) is 7.98. The molecule has 3 fully saturated rings. The highest BCUT2D eigenvalue weighted by Crippen LogP contribution is 2.31. The maximum absolute atomic E-state index is 16.4. The maximum atomic E-state index is 16.4. The monoisotopic (exact) mass is 680 g/mol. The van der Waals surface area contributed by atoms with E-state index in [0.29, 0.717) is 44.2 Å². The number of pyridine rings is 1. The van der Waals surface area contributed by atoms with Crippen LogP contribution in [0.25, 0.3) is 16.9 Å². The molecule has 0 aliphatic carbocycles. The third-order valence-electron chi connectivity index (χ3n) is 9.97. The molecule has 0 bridgehead atoms. The van der Waals surface area contributed by atoms with E-state index in [-0.39, 0.29) is 30.0 Å². The molecule has 1 N–H and O–H groups in total. The van der Waals surface area contributed by atoms with Gasteiger partial charge in [-0.1, -0.05) is 24.6 Å². The Labute approximate surface area is 292 Å². The van der Waals surface area contributed by atoms with Crippen LogP contribution in [0.15, 0.2) is 54.9 Å². The number of fused-ring (bicyclic) bond motifs is 1. The Balaban J connectivity index is 1.02. The van der Waals surface area contributed by atoms with Gasteiger partial charge in [0.25, 0.3) is 0 Å². The zero-order valence-corrected chi connectivity index (χ0v) is 28.5. The quantitative estimate of drug-likeness (QED) is 0.244. The van der Waals surface area contributed by atoms with Gasteiger partial charge in [-0.05, 0) is 68.6 Å². The van der Waals surface area contributed by atoms with Gasteiger partial charge in [0.15, 0.2) is 17.5 Å². The number of rotatable bonds is 11. The Morgan fingerprint density at radius 3 is 2.58 bits per heavy atom. The fraction of sp³-hybridized carbons (Fsp3) is 0.486. The molecule has 50 heavy (non-hydrogen) atoms. The number of benzene rings is 1. The number of anilines is 2. The lowest BCUT2D eigenvalue weighted by atomic mass is 10.1.